The molecular weight excluding hydrogens is 318 g/mol. The lowest BCUT2D eigenvalue weighted by molar-refractivity contribution is 0.250. The first kappa shape index (κ1) is 14.3. The molecule has 3 aromatic rings. The summed E-state index contributed by atoms with van der Waals surface area (Å²) in [7, 11) is 0. The van der Waals surface area contributed by atoms with E-state index in [-0.39, 0.29) is 0 Å². The molecule has 0 spiro atoms. The van der Waals surface area contributed by atoms with Crippen molar-refractivity contribution in [3.8, 4) is 11.3 Å². The molecule has 0 atom stereocenters. The third kappa shape index (κ3) is 2.29. The molecule has 0 saturated carbocycles. The van der Waals surface area contributed by atoms with Crippen LogP contribution in [0.25, 0.3) is 21.5 Å². The van der Waals surface area contributed by atoms with Crippen molar-refractivity contribution in [1.82, 2.24) is 19.2 Å². The molecule has 0 N–H and O–H groups in total. The average Bonchev–Trinajstić information content (AvgIpc) is 2.86. The van der Waals surface area contributed by atoms with Gasteiger partial charge >= 0.3 is 0 Å². The molecule has 24 heavy (non-hydrogen) atoms. The zero-order chi connectivity index (χ0) is 15.9. The molecule has 0 unspecified atom stereocenters. The van der Waals surface area contributed by atoms with Crippen LogP contribution in [0, 0.1) is 0 Å². The summed E-state index contributed by atoms with van der Waals surface area (Å²) < 4.78 is 5.83. The van der Waals surface area contributed by atoms with Crippen LogP contribution in [-0.4, -0.2) is 51.5 Å². The second-order valence-electron chi connectivity index (χ2n) is 6.54. The summed E-state index contributed by atoms with van der Waals surface area (Å²) in [6, 6.07) is 10.9. The third-order valence-electron chi connectivity index (χ3n) is 5.21. The molecule has 5 nitrogen and oxygen atoms in total. The Morgan fingerprint density at radius 3 is 2.62 bits per heavy atom. The molecule has 6 heteroatoms. The van der Waals surface area contributed by atoms with E-state index in [9.17, 15) is 0 Å². The molecule has 0 amide bonds. The van der Waals surface area contributed by atoms with Crippen molar-refractivity contribution in [2.24, 2.45) is 0 Å². The van der Waals surface area contributed by atoms with E-state index in [1.54, 1.807) is 6.33 Å². The van der Waals surface area contributed by atoms with Gasteiger partial charge in [-0.05, 0) is 24.4 Å². The summed E-state index contributed by atoms with van der Waals surface area (Å²) in [6.45, 7) is 4.61. The van der Waals surface area contributed by atoms with Crippen molar-refractivity contribution in [3.63, 3.8) is 0 Å². The highest BCUT2D eigenvalue weighted by Gasteiger charge is 2.31. The third-order valence-corrected chi connectivity index (χ3v) is 6.04. The van der Waals surface area contributed by atoms with E-state index in [1.165, 1.54) is 37.5 Å². The van der Waals surface area contributed by atoms with Crippen LogP contribution in [0.2, 0.25) is 0 Å². The first-order chi connectivity index (χ1) is 11.9. The number of nitrogens with zero attached hydrogens (tertiary/aromatic N) is 5. The van der Waals surface area contributed by atoms with Crippen molar-refractivity contribution >= 4 is 27.6 Å². The minimum atomic E-state index is 0.601. The molecule has 2 aromatic heterocycles. The van der Waals surface area contributed by atoms with Crippen molar-refractivity contribution in [1.29, 1.82) is 0 Å². The zero-order valence-corrected chi connectivity index (χ0v) is 14.2. The lowest BCUT2D eigenvalue weighted by Gasteiger charge is -2.32. The van der Waals surface area contributed by atoms with Crippen LogP contribution in [0.15, 0.2) is 36.7 Å². The first-order valence-electron chi connectivity index (χ1n) is 8.55. The number of fused-ring (bicyclic) bond motifs is 5. The predicted octanol–water partition coefficient (Wildman–Crippen LogP) is 3.04. The van der Waals surface area contributed by atoms with E-state index in [2.05, 4.69) is 31.9 Å². The van der Waals surface area contributed by atoms with Crippen LogP contribution in [0.4, 0.5) is 5.82 Å². The molecule has 3 aliphatic rings. The van der Waals surface area contributed by atoms with Gasteiger partial charge < -0.3 is 9.80 Å². The summed E-state index contributed by atoms with van der Waals surface area (Å²) in [4.78, 5) is 14.3. The highest BCUT2D eigenvalue weighted by molar-refractivity contribution is 7.14. The van der Waals surface area contributed by atoms with Gasteiger partial charge in [-0.2, -0.15) is 4.37 Å². The Hall–Kier alpha value is -2.05. The van der Waals surface area contributed by atoms with Gasteiger partial charge in [-0.1, -0.05) is 30.3 Å². The van der Waals surface area contributed by atoms with Gasteiger partial charge in [0.1, 0.15) is 22.2 Å². The number of benzene rings is 1. The smallest absolute Gasteiger partial charge is 0.151 e. The van der Waals surface area contributed by atoms with Gasteiger partial charge in [0.05, 0.1) is 0 Å². The minimum absolute atomic E-state index is 0.601. The zero-order valence-electron chi connectivity index (χ0n) is 13.4. The van der Waals surface area contributed by atoms with E-state index in [0.29, 0.717) is 6.04 Å². The number of piperidine rings is 1. The molecule has 3 saturated heterocycles. The van der Waals surface area contributed by atoms with Gasteiger partial charge in [0.2, 0.25) is 0 Å². The molecule has 122 valence electrons. The Kier molecular flexibility index (Phi) is 3.45. The minimum Gasteiger partial charge on any atom is -0.351 e. The molecule has 3 aliphatic heterocycles. The summed E-state index contributed by atoms with van der Waals surface area (Å²) in [6.07, 6.45) is 4.17. The molecule has 3 fully saturated rings. The molecule has 0 radical (unpaired) electrons. The molecule has 5 heterocycles. The SMILES string of the molecule is c1ccc(-c2nsc3c(N4CCN5CCC4CC5)ncnc23)cc1. The van der Waals surface area contributed by atoms with Crippen molar-refractivity contribution in [2.45, 2.75) is 18.9 Å². The molecule has 0 aliphatic carbocycles. The van der Waals surface area contributed by atoms with Gasteiger partial charge in [-0.25, -0.2) is 9.97 Å². The van der Waals surface area contributed by atoms with Gasteiger partial charge in [0.15, 0.2) is 5.82 Å². The first-order valence-corrected chi connectivity index (χ1v) is 9.32. The topological polar surface area (TPSA) is 45.2 Å². The molecule has 2 bridgehead atoms. The number of aromatic nitrogens is 3. The van der Waals surface area contributed by atoms with Gasteiger partial charge in [-0.15, -0.1) is 0 Å². The molecule has 6 rings (SSSR count). The highest BCUT2D eigenvalue weighted by atomic mass is 32.1. The summed E-state index contributed by atoms with van der Waals surface area (Å²) in [5.74, 6) is 1.08. The number of hydrogen-bond acceptors (Lipinski definition) is 6. The van der Waals surface area contributed by atoms with Crippen molar-refractivity contribution in [3.05, 3.63) is 36.7 Å². The Morgan fingerprint density at radius 2 is 1.79 bits per heavy atom. The van der Waals surface area contributed by atoms with Crippen LogP contribution >= 0.6 is 11.5 Å². The normalized spacial score (nSPS) is 23.6. The monoisotopic (exact) mass is 337 g/mol. The average molecular weight is 337 g/mol. The van der Waals surface area contributed by atoms with Crippen LogP contribution in [0.5, 0.6) is 0 Å². The number of hydrogen-bond donors (Lipinski definition) is 0. The lowest BCUT2D eigenvalue weighted by atomic mass is 10.1. The predicted molar refractivity (Wildman–Crippen MR) is 97.5 cm³/mol. The Labute approximate surface area is 145 Å². The van der Waals surface area contributed by atoms with E-state index in [4.69, 9.17) is 4.37 Å². The van der Waals surface area contributed by atoms with Gasteiger partial charge in [0.25, 0.3) is 0 Å². The Morgan fingerprint density at radius 1 is 0.958 bits per heavy atom. The van der Waals surface area contributed by atoms with E-state index in [1.807, 2.05) is 18.2 Å². The summed E-state index contributed by atoms with van der Waals surface area (Å²) in [5, 5.41) is 0. The summed E-state index contributed by atoms with van der Waals surface area (Å²) in [5.41, 5.74) is 3.08. The maximum Gasteiger partial charge on any atom is 0.151 e. The van der Waals surface area contributed by atoms with Crippen molar-refractivity contribution in [2.75, 3.05) is 31.1 Å². The van der Waals surface area contributed by atoms with Crippen LogP contribution in [-0.2, 0) is 0 Å². The number of rotatable bonds is 2. The van der Waals surface area contributed by atoms with E-state index < -0.39 is 0 Å². The standard InChI is InChI=1S/C18H19N5S/c1-2-4-13(5-3-1)15-16-17(24-21-15)18(20-12-19-16)23-11-10-22-8-6-14(23)7-9-22/h1-5,12,14H,6-11H2. The second kappa shape index (κ2) is 5.79. The van der Waals surface area contributed by atoms with E-state index >= 15 is 0 Å². The Balaban J connectivity index is 1.61. The van der Waals surface area contributed by atoms with Crippen LogP contribution < -0.4 is 4.90 Å². The Bertz CT molecular complexity index is 854. The highest BCUT2D eigenvalue weighted by Crippen LogP contribution is 2.36. The van der Waals surface area contributed by atoms with Crippen LogP contribution in [0.1, 0.15) is 12.8 Å². The fourth-order valence-electron chi connectivity index (χ4n) is 3.91. The quantitative estimate of drug-likeness (QED) is 0.719. The maximum atomic E-state index is 4.71. The van der Waals surface area contributed by atoms with Gasteiger partial charge in [-0.3, -0.25) is 0 Å². The van der Waals surface area contributed by atoms with Gasteiger partial charge in [0, 0.05) is 37.8 Å². The fraction of sp³-hybridized carbons (Fsp3) is 0.389. The van der Waals surface area contributed by atoms with Crippen LogP contribution in [0.3, 0.4) is 0 Å². The molecular formula is C18H19N5S. The van der Waals surface area contributed by atoms with E-state index in [0.717, 1.165) is 40.4 Å². The molecule has 1 aromatic carbocycles. The largest absolute Gasteiger partial charge is 0.351 e. The lowest BCUT2D eigenvalue weighted by Crippen LogP contribution is -2.38. The second-order valence-corrected chi connectivity index (χ2v) is 7.31. The fourth-order valence-corrected chi connectivity index (χ4v) is 4.77. The maximum absolute atomic E-state index is 4.71. The van der Waals surface area contributed by atoms with Crippen molar-refractivity contribution < 1.29 is 0 Å². The summed E-state index contributed by atoms with van der Waals surface area (Å²) >= 11 is 1.53. The number of anilines is 1.